The van der Waals surface area contributed by atoms with Gasteiger partial charge in [-0.2, -0.15) is 0 Å². The fourth-order valence-corrected chi connectivity index (χ4v) is 3.66. The Balaban J connectivity index is 2.13. The van der Waals surface area contributed by atoms with Crippen LogP contribution in [0.4, 0.5) is 5.69 Å². The van der Waals surface area contributed by atoms with Crippen LogP contribution >= 0.6 is 12.2 Å². The molecule has 0 aliphatic carbocycles. The van der Waals surface area contributed by atoms with Crippen molar-refractivity contribution in [2.75, 3.05) is 26.2 Å². The molecule has 3 rings (SSSR count). The van der Waals surface area contributed by atoms with Crippen molar-refractivity contribution in [1.29, 1.82) is 0 Å². The molecular formula is C21H22N2O4S. The third-order valence-electron chi connectivity index (χ3n) is 4.67. The first-order valence-electron chi connectivity index (χ1n) is 8.68. The fraction of sp³-hybridized carbons (Fsp3) is 0.238. The number of nitrogens with zero attached hydrogens (tertiary/aromatic N) is 1. The van der Waals surface area contributed by atoms with Crippen LogP contribution in [0.15, 0.2) is 59.8 Å². The monoisotopic (exact) mass is 398 g/mol. The Hall–Kier alpha value is -3.06. The van der Waals surface area contributed by atoms with Crippen molar-refractivity contribution in [3.05, 3.63) is 65.4 Å². The maximum absolute atomic E-state index is 12.7. The number of nitrogens with one attached hydrogen (secondary N) is 1. The topological polar surface area (TPSA) is 60.0 Å². The number of ether oxygens (including phenoxy) is 3. The first-order chi connectivity index (χ1) is 13.5. The Bertz CT molecular complexity index is 924. The molecule has 28 heavy (non-hydrogen) atoms. The van der Waals surface area contributed by atoms with Gasteiger partial charge in [0.25, 0.3) is 0 Å². The van der Waals surface area contributed by atoms with Crippen LogP contribution in [-0.2, 0) is 9.53 Å². The van der Waals surface area contributed by atoms with Crippen molar-refractivity contribution in [1.82, 2.24) is 5.32 Å². The molecule has 1 aliphatic rings. The summed E-state index contributed by atoms with van der Waals surface area (Å²) in [5.74, 6) is 0.971. The first kappa shape index (κ1) is 19.7. The molecule has 1 N–H and O–H groups in total. The summed E-state index contributed by atoms with van der Waals surface area (Å²) < 4.78 is 15.8. The van der Waals surface area contributed by atoms with Crippen LogP contribution in [0.2, 0.25) is 0 Å². The predicted octanol–water partition coefficient (Wildman–Crippen LogP) is 3.59. The minimum absolute atomic E-state index is 0.429. The molecule has 0 saturated carbocycles. The molecule has 146 valence electrons. The van der Waals surface area contributed by atoms with Crippen LogP contribution in [0.5, 0.6) is 11.5 Å². The van der Waals surface area contributed by atoms with Crippen molar-refractivity contribution in [3.63, 3.8) is 0 Å². The molecule has 1 heterocycles. The van der Waals surface area contributed by atoms with Gasteiger partial charge in [-0.15, -0.1) is 0 Å². The number of allylic oxidation sites excluding steroid dienone is 1. The van der Waals surface area contributed by atoms with E-state index in [4.69, 9.17) is 26.4 Å². The normalized spacial score (nSPS) is 16.5. The fourth-order valence-electron chi connectivity index (χ4n) is 3.30. The number of hydrogen-bond donors (Lipinski definition) is 1. The Morgan fingerprint density at radius 2 is 1.71 bits per heavy atom. The summed E-state index contributed by atoms with van der Waals surface area (Å²) in [5, 5.41) is 3.75. The molecule has 0 amide bonds. The summed E-state index contributed by atoms with van der Waals surface area (Å²) in [6.07, 6.45) is 0. The molecule has 1 aliphatic heterocycles. The van der Waals surface area contributed by atoms with Crippen LogP contribution < -0.4 is 19.7 Å². The highest BCUT2D eigenvalue weighted by Crippen LogP contribution is 2.37. The summed E-state index contributed by atoms with van der Waals surface area (Å²) in [4.78, 5) is 14.5. The van der Waals surface area contributed by atoms with E-state index in [0.717, 1.165) is 17.0 Å². The van der Waals surface area contributed by atoms with Gasteiger partial charge in [-0.05, 0) is 49.5 Å². The molecule has 0 spiro atoms. The molecule has 0 fully saturated rings. The molecule has 2 aromatic rings. The number of carbonyl (C=O) groups is 1. The van der Waals surface area contributed by atoms with Crippen LogP contribution in [0.25, 0.3) is 0 Å². The Morgan fingerprint density at radius 3 is 2.32 bits per heavy atom. The SMILES string of the molecule is COC(=O)C1=C(C)N(c2ccc(OC)cc2)C(=S)NC1c1ccccc1OC. The van der Waals surface area contributed by atoms with Gasteiger partial charge in [0.15, 0.2) is 5.11 Å². The quantitative estimate of drug-likeness (QED) is 0.610. The highest BCUT2D eigenvalue weighted by atomic mass is 32.1. The summed E-state index contributed by atoms with van der Waals surface area (Å²) in [6.45, 7) is 1.85. The van der Waals surface area contributed by atoms with E-state index < -0.39 is 12.0 Å². The molecule has 6 nitrogen and oxygen atoms in total. The second-order valence-electron chi connectivity index (χ2n) is 6.15. The number of carbonyl (C=O) groups excluding carboxylic acids is 1. The molecule has 0 aromatic heterocycles. The smallest absolute Gasteiger partial charge is 0.337 e. The van der Waals surface area contributed by atoms with E-state index in [1.165, 1.54) is 7.11 Å². The van der Waals surface area contributed by atoms with Gasteiger partial charge in [0.2, 0.25) is 0 Å². The highest BCUT2D eigenvalue weighted by molar-refractivity contribution is 7.80. The van der Waals surface area contributed by atoms with E-state index in [9.17, 15) is 4.79 Å². The van der Waals surface area contributed by atoms with Crippen molar-refractivity contribution in [2.24, 2.45) is 0 Å². The van der Waals surface area contributed by atoms with E-state index in [2.05, 4.69) is 5.32 Å². The molecule has 7 heteroatoms. The van der Waals surface area contributed by atoms with Gasteiger partial charge >= 0.3 is 5.97 Å². The lowest BCUT2D eigenvalue weighted by Gasteiger charge is -2.37. The Kier molecular flexibility index (Phi) is 5.84. The Morgan fingerprint density at radius 1 is 1.04 bits per heavy atom. The van der Waals surface area contributed by atoms with Crippen molar-refractivity contribution in [3.8, 4) is 11.5 Å². The average molecular weight is 398 g/mol. The zero-order chi connectivity index (χ0) is 20.3. The van der Waals surface area contributed by atoms with Crippen LogP contribution in [0, 0.1) is 0 Å². The molecular weight excluding hydrogens is 376 g/mol. The third kappa shape index (κ3) is 3.53. The van der Waals surface area contributed by atoms with Crippen molar-refractivity contribution >= 4 is 29.0 Å². The maximum Gasteiger partial charge on any atom is 0.337 e. The molecule has 1 atom stereocenters. The van der Waals surface area contributed by atoms with E-state index in [-0.39, 0.29) is 0 Å². The first-order valence-corrected chi connectivity index (χ1v) is 9.09. The Labute approximate surface area is 169 Å². The second-order valence-corrected chi connectivity index (χ2v) is 6.54. The van der Waals surface area contributed by atoms with E-state index in [0.29, 0.717) is 22.1 Å². The van der Waals surface area contributed by atoms with Crippen molar-refractivity contribution in [2.45, 2.75) is 13.0 Å². The average Bonchev–Trinajstić information content (AvgIpc) is 2.73. The van der Waals surface area contributed by atoms with Crippen LogP contribution in [0.3, 0.4) is 0 Å². The molecule has 0 radical (unpaired) electrons. The number of methoxy groups -OCH3 is 3. The van der Waals surface area contributed by atoms with Crippen molar-refractivity contribution < 1.29 is 19.0 Å². The van der Waals surface area contributed by atoms with Gasteiger partial charge in [-0.25, -0.2) is 4.79 Å². The molecule has 0 saturated heterocycles. The lowest BCUT2D eigenvalue weighted by Crippen LogP contribution is -2.48. The number of para-hydroxylation sites is 1. The highest BCUT2D eigenvalue weighted by Gasteiger charge is 2.36. The van der Waals surface area contributed by atoms with E-state index in [1.54, 1.807) is 14.2 Å². The summed E-state index contributed by atoms with van der Waals surface area (Å²) in [5.41, 5.74) is 2.78. The zero-order valence-electron chi connectivity index (χ0n) is 16.2. The summed E-state index contributed by atoms with van der Waals surface area (Å²) >= 11 is 5.64. The molecule has 1 unspecified atom stereocenters. The molecule has 2 aromatic carbocycles. The lowest BCUT2D eigenvalue weighted by molar-refractivity contribution is -0.136. The van der Waals surface area contributed by atoms with Gasteiger partial charge < -0.3 is 19.5 Å². The van der Waals surface area contributed by atoms with Crippen LogP contribution in [-0.4, -0.2) is 32.4 Å². The number of anilines is 1. The standard InChI is InChI=1S/C21H22N2O4S/c1-13-18(20(24)27-4)19(16-7-5-6-8-17(16)26-3)22-21(28)23(13)14-9-11-15(25-2)12-10-14/h5-12,19H,1-4H3,(H,22,28). The number of esters is 1. The lowest BCUT2D eigenvalue weighted by atomic mass is 9.94. The minimum atomic E-state index is -0.481. The third-order valence-corrected chi connectivity index (χ3v) is 4.97. The van der Waals surface area contributed by atoms with E-state index >= 15 is 0 Å². The van der Waals surface area contributed by atoms with Gasteiger partial charge in [0, 0.05) is 16.9 Å². The van der Waals surface area contributed by atoms with Crippen LogP contribution in [0.1, 0.15) is 18.5 Å². The molecule has 0 bridgehead atoms. The number of benzene rings is 2. The second kappa shape index (κ2) is 8.31. The number of thiocarbonyl (C=S) groups is 1. The maximum atomic E-state index is 12.7. The largest absolute Gasteiger partial charge is 0.497 e. The van der Waals surface area contributed by atoms with Gasteiger partial charge in [-0.1, -0.05) is 18.2 Å². The summed E-state index contributed by atoms with van der Waals surface area (Å²) in [7, 11) is 4.57. The van der Waals surface area contributed by atoms with Gasteiger partial charge in [0.1, 0.15) is 11.5 Å². The van der Waals surface area contributed by atoms with Gasteiger partial charge in [0.05, 0.1) is 32.9 Å². The van der Waals surface area contributed by atoms with E-state index in [1.807, 2.05) is 60.4 Å². The predicted molar refractivity (Wildman–Crippen MR) is 112 cm³/mol. The number of hydrogen-bond acceptors (Lipinski definition) is 5. The zero-order valence-corrected chi connectivity index (χ0v) is 17.0. The number of rotatable bonds is 5. The summed E-state index contributed by atoms with van der Waals surface area (Å²) in [6, 6.07) is 14.5. The minimum Gasteiger partial charge on any atom is -0.497 e. The van der Waals surface area contributed by atoms with Gasteiger partial charge in [-0.3, -0.25) is 4.90 Å².